The van der Waals surface area contributed by atoms with E-state index in [0.717, 1.165) is 0 Å². The van der Waals surface area contributed by atoms with Crippen molar-refractivity contribution in [3.63, 3.8) is 0 Å². The second-order valence-electron chi connectivity index (χ2n) is 3.72. The minimum atomic E-state index is -0.559. The highest BCUT2D eigenvalue weighted by Crippen LogP contribution is 2.32. The summed E-state index contributed by atoms with van der Waals surface area (Å²) >= 11 is 3.01. The summed E-state index contributed by atoms with van der Waals surface area (Å²) in [5.41, 5.74) is 0.235. The Bertz CT molecular complexity index is 649. The summed E-state index contributed by atoms with van der Waals surface area (Å²) in [5.74, 6) is -0.308. The van der Waals surface area contributed by atoms with Gasteiger partial charge < -0.3 is 4.74 Å². The summed E-state index contributed by atoms with van der Waals surface area (Å²) in [6, 6.07) is 5.46. The van der Waals surface area contributed by atoms with Crippen molar-refractivity contribution in [3.8, 4) is 11.6 Å². The van der Waals surface area contributed by atoms with E-state index in [4.69, 9.17) is 4.74 Å². The molecule has 5 nitrogen and oxygen atoms in total. The van der Waals surface area contributed by atoms with Crippen LogP contribution in [-0.2, 0) is 0 Å². The van der Waals surface area contributed by atoms with E-state index in [0.29, 0.717) is 5.56 Å². The van der Waals surface area contributed by atoms with Crippen molar-refractivity contribution in [2.24, 2.45) is 0 Å². The molecule has 0 radical (unpaired) electrons. The number of nitrogens with zero attached hydrogens (tertiary/aromatic N) is 2. The van der Waals surface area contributed by atoms with E-state index in [-0.39, 0.29) is 21.8 Å². The molecule has 0 spiro atoms. The second kappa shape index (κ2) is 5.31. The number of nitro groups is 1. The van der Waals surface area contributed by atoms with Gasteiger partial charge >= 0.3 is 5.69 Å². The Morgan fingerprint density at radius 1 is 1.42 bits per heavy atom. The van der Waals surface area contributed by atoms with Crippen LogP contribution in [0.25, 0.3) is 0 Å². The van der Waals surface area contributed by atoms with Crippen LogP contribution in [0.4, 0.5) is 10.1 Å². The largest absolute Gasteiger partial charge is 0.434 e. The highest BCUT2D eigenvalue weighted by Gasteiger charge is 2.20. The maximum absolute atomic E-state index is 13.1. The number of rotatable bonds is 3. The normalized spacial score (nSPS) is 10.3. The van der Waals surface area contributed by atoms with E-state index in [1.807, 2.05) is 0 Å². The summed E-state index contributed by atoms with van der Waals surface area (Å²) in [6.07, 6.45) is 1.41. The fourth-order valence-corrected chi connectivity index (χ4v) is 1.83. The molecular formula is C12H8BrFN2O3. The second-order valence-corrected chi connectivity index (χ2v) is 4.57. The monoisotopic (exact) mass is 326 g/mol. The van der Waals surface area contributed by atoms with Gasteiger partial charge in [-0.3, -0.25) is 10.1 Å². The SMILES string of the molecule is Cc1ccnc(Oc2ccc(F)c(Br)c2)c1[N+](=O)[O-]. The van der Waals surface area contributed by atoms with Crippen LogP contribution in [0.5, 0.6) is 11.6 Å². The molecule has 0 aliphatic carbocycles. The number of pyridine rings is 1. The molecule has 1 aromatic heterocycles. The zero-order chi connectivity index (χ0) is 14.0. The van der Waals surface area contributed by atoms with Crippen LogP contribution in [0, 0.1) is 22.9 Å². The van der Waals surface area contributed by atoms with Crippen molar-refractivity contribution in [1.29, 1.82) is 0 Å². The number of aryl methyl sites for hydroxylation is 1. The first-order chi connectivity index (χ1) is 8.99. The van der Waals surface area contributed by atoms with Crippen molar-refractivity contribution in [3.05, 3.63) is 56.4 Å². The van der Waals surface area contributed by atoms with E-state index in [1.54, 1.807) is 6.92 Å². The molecule has 98 valence electrons. The van der Waals surface area contributed by atoms with E-state index in [9.17, 15) is 14.5 Å². The van der Waals surface area contributed by atoms with Crippen molar-refractivity contribution in [1.82, 2.24) is 4.98 Å². The molecular weight excluding hydrogens is 319 g/mol. The number of hydrogen-bond acceptors (Lipinski definition) is 4. The van der Waals surface area contributed by atoms with Gasteiger partial charge in [0.2, 0.25) is 0 Å². The maximum atomic E-state index is 13.1. The number of ether oxygens (including phenoxy) is 1. The molecule has 0 saturated heterocycles. The van der Waals surface area contributed by atoms with Crippen LogP contribution in [0.15, 0.2) is 34.9 Å². The third-order valence-electron chi connectivity index (χ3n) is 2.38. The fourth-order valence-electron chi connectivity index (χ4n) is 1.47. The lowest BCUT2D eigenvalue weighted by atomic mass is 10.2. The summed E-state index contributed by atoms with van der Waals surface area (Å²) < 4.78 is 18.6. The molecule has 0 N–H and O–H groups in total. The Labute approximate surface area is 116 Å². The summed E-state index contributed by atoms with van der Waals surface area (Å²) in [4.78, 5) is 14.2. The van der Waals surface area contributed by atoms with E-state index >= 15 is 0 Å². The van der Waals surface area contributed by atoms with Gasteiger partial charge in [-0.1, -0.05) is 0 Å². The quantitative estimate of drug-likeness (QED) is 0.631. The molecule has 0 aliphatic rings. The number of halogens is 2. The Morgan fingerprint density at radius 2 is 2.16 bits per heavy atom. The molecule has 2 aromatic rings. The molecule has 0 unspecified atom stereocenters. The number of aromatic nitrogens is 1. The minimum absolute atomic E-state index is 0.122. The summed E-state index contributed by atoms with van der Waals surface area (Å²) in [7, 11) is 0. The van der Waals surface area contributed by atoms with Gasteiger partial charge in [0.15, 0.2) is 0 Å². The third-order valence-corrected chi connectivity index (χ3v) is 2.99. The van der Waals surface area contributed by atoms with E-state index in [1.165, 1.54) is 30.5 Å². The molecule has 0 aliphatic heterocycles. The maximum Gasteiger partial charge on any atom is 0.334 e. The van der Waals surface area contributed by atoms with Gasteiger partial charge in [-0.2, -0.15) is 0 Å². The predicted octanol–water partition coefficient (Wildman–Crippen LogP) is 3.99. The first-order valence-corrected chi connectivity index (χ1v) is 6.01. The van der Waals surface area contributed by atoms with Crippen LogP contribution in [0.3, 0.4) is 0 Å². The Morgan fingerprint density at radius 3 is 2.79 bits per heavy atom. The lowest BCUT2D eigenvalue weighted by molar-refractivity contribution is -0.386. The smallest absolute Gasteiger partial charge is 0.334 e. The zero-order valence-corrected chi connectivity index (χ0v) is 11.3. The first-order valence-electron chi connectivity index (χ1n) is 5.22. The topological polar surface area (TPSA) is 65.3 Å². The molecule has 0 atom stereocenters. The van der Waals surface area contributed by atoms with Gasteiger partial charge in [0, 0.05) is 11.8 Å². The van der Waals surface area contributed by atoms with Gasteiger partial charge in [-0.15, -0.1) is 0 Å². The zero-order valence-electron chi connectivity index (χ0n) is 9.76. The molecule has 2 rings (SSSR count). The molecule has 0 bridgehead atoms. The van der Waals surface area contributed by atoms with Gasteiger partial charge in [-0.05, 0) is 47.1 Å². The van der Waals surface area contributed by atoms with Crippen LogP contribution >= 0.6 is 15.9 Å². The Balaban J connectivity index is 2.40. The van der Waals surface area contributed by atoms with Crippen molar-refractivity contribution < 1.29 is 14.1 Å². The first kappa shape index (κ1) is 13.4. The van der Waals surface area contributed by atoms with Crippen LogP contribution in [0.1, 0.15) is 5.56 Å². The highest BCUT2D eigenvalue weighted by molar-refractivity contribution is 9.10. The van der Waals surface area contributed by atoms with Crippen LogP contribution in [0.2, 0.25) is 0 Å². The van der Waals surface area contributed by atoms with E-state index < -0.39 is 10.7 Å². The molecule has 19 heavy (non-hydrogen) atoms. The van der Waals surface area contributed by atoms with Gasteiger partial charge in [0.05, 0.1) is 9.40 Å². The average molecular weight is 327 g/mol. The predicted molar refractivity (Wildman–Crippen MR) is 69.8 cm³/mol. The lowest BCUT2D eigenvalue weighted by Crippen LogP contribution is -1.98. The Kier molecular flexibility index (Phi) is 3.75. The fraction of sp³-hybridized carbons (Fsp3) is 0.0833. The molecule has 0 amide bonds. The molecule has 0 fully saturated rings. The van der Waals surface area contributed by atoms with Gasteiger partial charge in [0.25, 0.3) is 5.88 Å². The van der Waals surface area contributed by atoms with Gasteiger partial charge in [-0.25, -0.2) is 9.37 Å². The lowest BCUT2D eigenvalue weighted by Gasteiger charge is -2.07. The number of benzene rings is 1. The van der Waals surface area contributed by atoms with Crippen LogP contribution in [-0.4, -0.2) is 9.91 Å². The van der Waals surface area contributed by atoms with Crippen molar-refractivity contribution in [2.45, 2.75) is 6.92 Å². The van der Waals surface area contributed by atoms with Crippen molar-refractivity contribution >= 4 is 21.6 Å². The highest BCUT2D eigenvalue weighted by atomic mass is 79.9. The van der Waals surface area contributed by atoms with Crippen molar-refractivity contribution in [2.75, 3.05) is 0 Å². The minimum Gasteiger partial charge on any atom is -0.434 e. The number of hydrogen-bond donors (Lipinski definition) is 0. The molecule has 0 saturated carbocycles. The standard InChI is InChI=1S/C12H8BrFN2O3/c1-7-4-5-15-12(11(7)16(17)18)19-8-2-3-10(14)9(13)6-8/h2-6H,1H3. The Hall–Kier alpha value is -2.02. The average Bonchev–Trinajstić information content (AvgIpc) is 2.33. The summed E-state index contributed by atoms with van der Waals surface area (Å²) in [5, 5.41) is 11.0. The molecule has 1 aromatic carbocycles. The van der Waals surface area contributed by atoms with Gasteiger partial charge in [0.1, 0.15) is 11.6 Å². The van der Waals surface area contributed by atoms with E-state index in [2.05, 4.69) is 20.9 Å². The third kappa shape index (κ3) is 2.87. The molecule has 7 heteroatoms. The van der Waals surface area contributed by atoms with Crippen LogP contribution < -0.4 is 4.74 Å². The summed E-state index contributed by atoms with van der Waals surface area (Å²) in [6.45, 7) is 1.59. The molecule has 1 heterocycles.